The van der Waals surface area contributed by atoms with Crippen molar-refractivity contribution in [3.05, 3.63) is 52.7 Å². The summed E-state index contributed by atoms with van der Waals surface area (Å²) in [5.41, 5.74) is 0.0987. The van der Waals surface area contributed by atoms with Gasteiger partial charge in [-0.15, -0.1) is 0 Å². The van der Waals surface area contributed by atoms with Crippen molar-refractivity contribution >= 4 is 23.4 Å². The summed E-state index contributed by atoms with van der Waals surface area (Å²) in [5, 5.41) is 14.8. The van der Waals surface area contributed by atoms with Gasteiger partial charge in [0.2, 0.25) is 0 Å². The fraction of sp³-hybridized carbons (Fsp3) is 0.294. The summed E-state index contributed by atoms with van der Waals surface area (Å²) in [7, 11) is 0. The number of aliphatic hydroxyl groups is 1. The van der Waals surface area contributed by atoms with Crippen LogP contribution in [0.4, 0.5) is 23.8 Å². The summed E-state index contributed by atoms with van der Waals surface area (Å²) in [6, 6.07) is 7.74. The lowest BCUT2D eigenvalue weighted by atomic mass is 10.0. The van der Waals surface area contributed by atoms with Crippen LogP contribution in [0.2, 0.25) is 5.02 Å². The second kappa shape index (κ2) is 7.61. The second-order valence-electron chi connectivity index (χ2n) is 5.84. The van der Waals surface area contributed by atoms with Crippen molar-refractivity contribution in [3.8, 4) is 5.75 Å². The second-order valence-corrected chi connectivity index (χ2v) is 6.25. The number of anilines is 1. The lowest BCUT2D eigenvalue weighted by molar-refractivity contribution is -0.207. The van der Waals surface area contributed by atoms with Gasteiger partial charge in [0.15, 0.2) is 6.10 Å². The zero-order chi connectivity index (χ0) is 19.6. The Hall–Kier alpha value is -2.52. The highest BCUT2D eigenvalue weighted by Gasteiger charge is 2.40. The standard InChI is InChI=1S/C17H15ClF3N3O3/c18-10-4-1-3-9-11(7-8-27-14(9)10)23-16(26)24-13-6-2-5-12(22-13)15(25)17(19,20)21/h1-6,11,15,25H,7-8H2,(H2,22,23,24,26)/t11-,15+/m0/s1. The maximum atomic E-state index is 12.6. The molecular formula is C17H15ClF3N3O3. The van der Waals surface area contributed by atoms with Gasteiger partial charge in [-0.1, -0.05) is 29.8 Å². The number of carbonyl (C=O) groups excluding carboxylic acids is 1. The third kappa shape index (κ3) is 4.42. The van der Waals surface area contributed by atoms with Gasteiger partial charge in [0.1, 0.15) is 11.6 Å². The van der Waals surface area contributed by atoms with Crippen LogP contribution in [-0.4, -0.2) is 28.9 Å². The van der Waals surface area contributed by atoms with E-state index in [2.05, 4.69) is 15.6 Å². The van der Waals surface area contributed by atoms with Gasteiger partial charge in [0.25, 0.3) is 0 Å². The fourth-order valence-corrected chi connectivity index (χ4v) is 2.92. The molecule has 1 aromatic heterocycles. The van der Waals surface area contributed by atoms with Crippen molar-refractivity contribution < 1.29 is 27.8 Å². The van der Waals surface area contributed by atoms with Crippen molar-refractivity contribution in [2.45, 2.75) is 24.7 Å². The lowest BCUT2D eigenvalue weighted by Crippen LogP contribution is -2.35. The molecule has 0 fully saturated rings. The number of fused-ring (bicyclic) bond motifs is 1. The minimum Gasteiger partial charge on any atom is -0.492 e. The molecule has 27 heavy (non-hydrogen) atoms. The number of halogens is 4. The minimum atomic E-state index is -4.85. The number of hydrogen-bond acceptors (Lipinski definition) is 4. The summed E-state index contributed by atoms with van der Waals surface area (Å²) >= 11 is 6.08. The molecule has 3 rings (SSSR count). The maximum absolute atomic E-state index is 12.6. The van der Waals surface area contributed by atoms with Crippen LogP contribution in [0.1, 0.15) is 29.8 Å². The minimum absolute atomic E-state index is 0.119. The highest BCUT2D eigenvalue weighted by atomic mass is 35.5. The van der Waals surface area contributed by atoms with E-state index in [0.29, 0.717) is 29.4 Å². The van der Waals surface area contributed by atoms with Gasteiger partial charge < -0.3 is 15.2 Å². The van der Waals surface area contributed by atoms with E-state index >= 15 is 0 Å². The fourth-order valence-electron chi connectivity index (χ4n) is 2.69. The number of amides is 2. The number of ether oxygens (including phenoxy) is 1. The van der Waals surface area contributed by atoms with Crippen LogP contribution < -0.4 is 15.4 Å². The number of rotatable bonds is 3. The van der Waals surface area contributed by atoms with E-state index in [1.165, 1.54) is 12.1 Å². The zero-order valence-electron chi connectivity index (χ0n) is 13.8. The Morgan fingerprint density at radius 1 is 1.30 bits per heavy atom. The SMILES string of the molecule is O=C(Nc1cccc([C@@H](O)C(F)(F)F)n1)N[C@H]1CCOc2c(Cl)cccc21. The molecule has 0 saturated heterocycles. The molecule has 2 amide bonds. The van der Waals surface area contributed by atoms with Crippen LogP contribution in [-0.2, 0) is 0 Å². The predicted molar refractivity (Wildman–Crippen MR) is 91.7 cm³/mol. The molecule has 0 radical (unpaired) electrons. The Morgan fingerprint density at radius 2 is 2.04 bits per heavy atom. The molecule has 1 aliphatic heterocycles. The van der Waals surface area contributed by atoms with E-state index < -0.39 is 24.0 Å². The summed E-state index contributed by atoms with van der Waals surface area (Å²) < 4.78 is 43.3. The van der Waals surface area contributed by atoms with Gasteiger partial charge in [0, 0.05) is 12.0 Å². The molecule has 10 heteroatoms. The van der Waals surface area contributed by atoms with Crippen LogP contribution in [0.25, 0.3) is 0 Å². The Kier molecular flexibility index (Phi) is 5.43. The normalized spacial score (nSPS) is 17.4. The Morgan fingerprint density at radius 3 is 2.78 bits per heavy atom. The number of nitrogens with one attached hydrogen (secondary N) is 2. The van der Waals surface area contributed by atoms with Crippen molar-refractivity contribution in [1.82, 2.24) is 10.3 Å². The quantitative estimate of drug-likeness (QED) is 0.726. The Balaban J connectivity index is 1.70. The number of pyridine rings is 1. The van der Waals surface area contributed by atoms with Crippen LogP contribution in [0.5, 0.6) is 5.75 Å². The number of carbonyl (C=O) groups is 1. The van der Waals surface area contributed by atoms with E-state index in [0.717, 1.165) is 6.07 Å². The summed E-state index contributed by atoms with van der Waals surface area (Å²) in [6.45, 7) is 0.354. The molecular weight excluding hydrogens is 387 g/mol. The monoisotopic (exact) mass is 401 g/mol. The largest absolute Gasteiger partial charge is 0.492 e. The number of alkyl halides is 3. The average Bonchev–Trinajstić information content (AvgIpc) is 2.61. The van der Waals surface area contributed by atoms with Gasteiger partial charge in [-0.3, -0.25) is 5.32 Å². The number of aromatic nitrogens is 1. The number of para-hydroxylation sites is 1. The van der Waals surface area contributed by atoms with Crippen LogP contribution in [0, 0.1) is 0 Å². The van der Waals surface area contributed by atoms with Crippen LogP contribution >= 0.6 is 11.6 Å². The lowest BCUT2D eigenvalue weighted by Gasteiger charge is -2.27. The molecule has 2 aromatic rings. The van der Waals surface area contributed by atoms with Crippen molar-refractivity contribution in [3.63, 3.8) is 0 Å². The topological polar surface area (TPSA) is 83.5 Å². The maximum Gasteiger partial charge on any atom is 0.420 e. The van der Waals surface area contributed by atoms with E-state index in [1.807, 2.05) is 0 Å². The molecule has 0 aliphatic carbocycles. The molecule has 2 atom stereocenters. The highest BCUT2D eigenvalue weighted by Crippen LogP contribution is 2.37. The first-order valence-electron chi connectivity index (χ1n) is 7.96. The molecule has 3 N–H and O–H groups in total. The number of aliphatic hydroxyl groups excluding tert-OH is 1. The average molecular weight is 402 g/mol. The van der Waals surface area contributed by atoms with Gasteiger partial charge in [-0.05, 0) is 18.2 Å². The van der Waals surface area contributed by atoms with Crippen molar-refractivity contribution in [2.24, 2.45) is 0 Å². The summed E-state index contributed by atoms with van der Waals surface area (Å²) in [5.74, 6) is 0.371. The molecule has 1 aliphatic rings. The predicted octanol–water partition coefficient (Wildman–Crippen LogP) is 3.98. The summed E-state index contributed by atoms with van der Waals surface area (Å²) in [4.78, 5) is 15.9. The number of hydrogen-bond donors (Lipinski definition) is 3. The third-order valence-corrected chi connectivity index (χ3v) is 4.23. The number of urea groups is 1. The van der Waals surface area contributed by atoms with Crippen molar-refractivity contribution in [2.75, 3.05) is 11.9 Å². The van der Waals surface area contributed by atoms with E-state index in [4.69, 9.17) is 16.3 Å². The molecule has 0 saturated carbocycles. The van der Waals surface area contributed by atoms with Gasteiger partial charge >= 0.3 is 12.2 Å². The smallest absolute Gasteiger partial charge is 0.420 e. The van der Waals surface area contributed by atoms with Gasteiger partial charge in [-0.25, -0.2) is 9.78 Å². The molecule has 0 spiro atoms. The molecule has 1 aromatic carbocycles. The Bertz CT molecular complexity index is 848. The van der Waals surface area contributed by atoms with E-state index in [1.54, 1.807) is 18.2 Å². The van der Waals surface area contributed by atoms with E-state index in [9.17, 15) is 23.1 Å². The third-order valence-electron chi connectivity index (χ3n) is 3.93. The molecule has 144 valence electrons. The van der Waals surface area contributed by atoms with Crippen molar-refractivity contribution in [1.29, 1.82) is 0 Å². The molecule has 0 bridgehead atoms. The molecule has 6 nitrogen and oxygen atoms in total. The summed E-state index contributed by atoms with van der Waals surface area (Å²) in [6.07, 6.45) is -7.08. The van der Waals surface area contributed by atoms with Crippen LogP contribution in [0.15, 0.2) is 36.4 Å². The molecule has 0 unspecified atom stereocenters. The first-order valence-corrected chi connectivity index (χ1v) is 8.34. The highest BCUT2D eigenvalue weighted by molar-refractivity contribution is 6.32. The molecule has 2 heterocycles. The first-order chi connectivity index (χ1) is 12.8. The number of nitrogens with zero attached hydrogens (tertiary/aromatic N) is 1. The zero-order valence-corrected chi connectivity index (χ0v) is 14.5. The van der Waals surface area contributed by atoms with Gasteiger partial charge in [-0.2, -0.15) is 13.2 Å². The van der Waals surface area contributed by atoms with E-state index in [-0.39, 0.29) is 11.9 Å². The first kappa shape index (κ1) is 19.2. The number of benzene rings is 1. The van der Waals surface area contributed by atoms with Gasteiger partial charge in [0.05, 0.1) is 23.4 Å². The Labute approximate surface area is 157 Å². The van der Waals surface area contributed by atoms with Crippen LogP contribution in [0.3, 0.4) is 0 Å².